The highest BCUT2D eigenvalue weighted by Crippen LogP contribution is 2.26. The van der Waals surface area contributed by atoms with Gasteiger partial charge in [0.05, 0.1) is 5.69 Å². The average Bonchev–Trinajstić information content (AvgIpc) is 2.91. The fourth-order valence-electron chi connectivity index (χ4n) is 2.18. The van der Waals surface area contributed by atoms with E-state index >= 15 is 0 Å². The SMILES string of the molecule is CNC(=O)c1ccc(Nc2c[nH]c3ccccc23)cc1. The minimum Gasteiger partial charge on any atom is -0.359 e. The highest BCUT2D eigenvalue weighted by molar-refractivity contribution is 5.95. The number of carbonyl (C=O) groups is 1. The molecule has 1 aromatic heterocycles. The van der Waals surface area contributed by atoms with Crippen LogP contribution in [0.4, 0.5) is 11.4 Å². The van der Waals surface area contributed by atoms with Crippen LogP contribution in [0.2, 0.25) is 0 Å². The summed E-state index contributed by atoms with van der Waals surface area (Å²) in [5.74, 6) is -0.0800. The van der Waals surface area contributed by atoms with Crippen molar-refractivity contribution < 1.29 is 4.79 Å². The lowest BCUT2D eigenvalue weighted by atomic mass is 10.2. The van der Waals surface area contributed by atoms with E-state index in [1.54, 1.807) is 19.2 Å². The summed E-state index contributed by atoms with van der Waals surface area (Å²) < 4.78 is 0. The molecule has 4 heteroatoms. The molecule has 3 aromatic rings. The van der Waals surface area contributed by atoms with E-state index in [0.29, 0.717) is 5.56 Å². The van der Waals surface area contributed by atoms with Gasteiger partial charge in [-0.2, -0.15) is 0 Å². The quantitative estimate of drug-likeness (QED) is 0.680. The van der Waals surface area contributed by atoms with Crippen LogP contribution in [0.25, 0.3) is 10.9 Å². The molecule has 0 aliphatic heterocycles. The number of H-pyrrole nitrogens is 1. The zero-order valence-electron chi connectivity index (χ0n) is 11.1. The largest absolute Gasteiger partial charge is 0.359 e. The summed E-state index contributed by atoms with van der Waals surface area (Å²) in [6.45, 7) is 0. The molecule has 0 unspecified atom stereocenters. The van der Waals surface area contributed by atoms with Gasteiger partial charge in [0.25, 0.3) is 5.91 Å². The monoisotopic (exact) mass is 265 g/mol. The summed E-state index contributed by atoms with van der Waals surface area (Å²) in [7, 11) is 1.63. The van der Waals surface area contributed by atoms with Crippen LogP contribution in [0.5, 0.6) is 0 Å². The van der Waals surface area contributed by atoms with Gasteiger partial charge >= 0.3 is 0 Å². The second-order valence-electron chi connectivity index (χ2n) is 4.53. The predicted octanol–water partition coefficient (Wildman–Crippen LogP) is 3.27. The molecule has 0 spiro atoms. The fourth-order valence-corrected chi connectivity index (χ4v) is 2.18. The molecule has 2 aromatic carbocycles. The van der Waals surface area contributed by atoms with Gasteiger partial charge in [0, 0.05) is 35.4 Å². The molecule has 1 heterocycles. The van der Waals surface area contributed by atoms with Crippen molar-refractivity contribution in [1.29, 1.82) is 0 Å². The number of hydrogen-bond acceptors (Lipinski definition) is 2. The van der Waals surface area contributed by atoms with Crippen molar-refractivity contribution in [3.05, 3.63) is 60.3 Å². The molecular formula is C16H15N3O. The summed E-state index contributed by atoms with van der Waals surface area (Å²) in [5.41, 5.74) is 3.71. The van der Waals surface area contributed by atoms with Gasteiger partial charge in [-0.25, -0.2) is 0 Å². The Hall–Kier alpha value is -2.75. The van der Waals surface area contributed by atoms with Gasteiger partial charge in [-0.15, -0.1) is 0 Å². The van der Waals surface area contributed by atoms with Crippen LogP contribution in [-0.2, 0) is 0 Å². The second-order valence-corrected chi connectivity index (χ2v) is 4.53. The molecule has 3 N–H and O–H groups in total. The van der Waals surface area contributed by atoms with Crippen molar-refractivity contribution in [3.63, 3.8) is 0 Å². The molecule has 100 valence electrons. The summed E-state index contributed by atoms with van der Waals surface area (Å²) >= 11 is 0. The first-order valence-corrected chi connectivity index (χ1v) is 6.43. The van der Waals surface area contributed by atoms with Crippen LogP contribution in [0.3, 0.4) is 0 Å². The van der Waals surface area contributed by atoms with E-state index < -0.39 is 0 Å². The number of aromatic amines is 1. The predicted molar refractivity (Wildman–Crippen MR) is 81.4 cm³/mol. The van der Waals surface area contributed by atoms with E-state index in [4.69, 9.17) is 0 Å². The number of benzene rings is 2. The number of nitrogens with one attached hydrogen (secondary N) is 3. The number of fused-ring (bicyclic) bond motifs is 1. The van der Waals surface area contributed by atoms with Crippen molar-refractivity contribution in [1.82, 2.24) is 10.3 Å². The minimum atomic E-state index is -0.0800. The van der Waals surface area contributed by atoms with Gasteiger partial charge < -0.3 is 15.6 Å². The van der Waals surface area contributed by atoms with E-state index in [1.807, 2.05) is 36.5 Å². The van der Waals surface area contributed by atoms with Crippen LogP contribution in [-0.4, -0.2) is 17.9 Å². The van der Waals surface area contributed by atoms with E-state index in [1.165, 1.54) is 0 Å². The molecule has 4 nitrogen and oxygen atoms in total. The summed E-state index contributed by atoms with van der Waals surface area (Å²) in [5, 5.41) is 7.10. The molecule has 0 aliphatic rings. The Bertz CT molecular complexity index is 744. The molecule has 0 saturated heterocycles. The Morgan fingerprint density at radius 2 is 1.80 bits per heavy atom. The first kappa shape index (κ1) is 12.3. The van der Waals surface area contributed by atoms with Gasteiger partial charge in [-0.05, 0) is 30.3 Å². The van der Waals surface area contributed by atoms with Gasteiger partial charge in [0.2, 0.25) is 0 Å². The summed E-state index contributed by atoms with van der Waals surface area (Å²) in [6, 6.07) is 15.5. The molecule has 0 aliphatic carbocycles. The lowest BCUT2D eigenvalue weighted by Crippen LogP contribution is -2.17. The molecule has 0 radical (unpaired) electrons. The Balaban J connectivity index is 1.86. The zero-order chi connectivity index (χ0) is 13.9. The topological polar surface area (TPSA) is 56.9 Å². The van der Waals surface area contributed by atoms with Gasteiger partial charge in [0.15, 0.2) is 0 Å². The Kier molecular flexibility index (Phi) is 3.13. The highest BCUT2D eigenvalue weighted by atomic mass is 16.1. The third kappa shape index (κ3) is 2.23. The molecule has 0 atom stereocenters. The summed E-state index contributed by atoms with van der Waals surface area (Å²) in [4.78, 5) is 14.7. The Morgan fingerprint density at radius 3 is 2.55 bits per heavy atom. The smallest absolute Gasteiger partial charge is 0.251 e. The van der Waals surface area contributed by atoms with Crippen molar-refractivity contribution in [2.75, 3.05) is 12.4 Å². The van der Waals surface area contributed by atoms with E-state index in [0.717, 1.165) is 22.3 Å². The highest BCUT2D eigenvalue weighted by Gasteiger charge is 2.05. The number of rotatable bonds is 3. The second kappa shape index (κ2) is 5.09. The first-order valence-electron chi connectivity index (χ1n) is 6.43. The van der Waals surface area contributed by atoms with Crippen molar-refractivity contribution >= 4 is 28.2 Å². The molecule has 0 saturated carbocycles. The molecular weight excluding hydrogens is 250 g/mol. The Labute approximate surface area is 116 Å². The third-order valence-corrected chi connectivity index (χ3v) is 3.24. The summed E-state index contributed by atoms with van der Waals surface area (Å²) in [6.07, 6.45) is 1.94. The number of amides is 1. The fraction of sp³-hybridized carbons (Fsp3) is 0.0625. The van der Waals surface area contributed by atoms with Crippen LogP contribution >= 0.6 is 0 Å². The van der Waals surface area contributed by atoms with E-state index in [-0.39, 0.29) is 5.91 Å². The molecule has 0 bridgehead atoms. The number of hydrogen-bond donors (Lipinski definition) is 3. The number of aromatic nitrogens is 1. The van der Waals surface area contributed by atoms with Crippen LogP contribution < -0.4 is 10.6 Å². The first-order chi connectivity index (χ1) is 9.78. The Morgan fingerprint density at radius 1 is 1.05 bits per heavy atom. The van der Waals surface area contributed by atoms with Gasteiger partial charge in [-0.3, -0.25) is 4.79 Å². The maximum absolute atomic E-state index is 11.5. The van der Waals surface area contributed by atoms with Crippen LogP contribution in [0.1, 0.15) is 10.4 Å². The third-order valence-electron chi connectivity index (χ3n) is 3.24. The van der Waals surface area contributed by atoms with E-state index in [2.05, 4.69) is 21.7 Å². The molecule has 20 heavy (non-hydrogen) atoms. The van der Waals surface area contributed by atoms with E-state index in [9.17, 15) is 4.79 Å². The molecule has 3 rings (SSSR count). The van der Waals surface area contributed by atoms with Gasteiger partial charge in [0.1, 0.15) is 0 Å². The molecule has 1 amide bonds. The van der Waals surface area contributed by atoms with Crippen molar-refractivity contribution in [2.45, 2.75) is 0 Å². The maximum atomic E-state index is 11.5. The number of carbonyl (C=O) groups excluding carboxylic acids is 1. The number of anilines is 2. The molecule has 0 fully saturated rings. The zero-order valence-corrected chi connectivity index (χ0v) is 11.1. The lowest BCUT2D eigenvalue weighted by molar-refractivity contribution is 0.0963. The maximum Gasteiger partial charge on any atom is 0.251 e. The number of para-hydroxylation sites is 1. The van der Waals surface area contributed by atoms with Crippen molar-refractivity contribution in [2.24, 2.45) is 0 Å². The minimum absolute atomic E-state index is 0.0800. The lowest BCUT2D eigenvalue weighted by Gasteiger charge is -2.06. The standard InChI is InChI=1S/C16H15N3O/c1-17-16(20)11-6-8-12(9-7-11)19-15-10-18-14-5-3-2-4-13(14)15/h2-10,18-19H,1H3,(H,17,20). The van der Waals surface area contributed by atoms with Gasteiger partial charge in [-0.1, -0.05) is 18.2 Å². The van der Waals surface area contributed by atoms with Crippen LogP contribution in [0, 0.1) is 0 Å². The van der Waals surface area contributed by atoms with Crippen molar-refractivity contribution in [3.8, 4) is 0 Å². The van der Waals surface area contributed by atoms with Crippen LogP contribution in [0.15, 0.2) is 54.7 Å². The normalized spacial score (nSPS) is 10.4. The average molecular weight is 265 g/mol.